The molecule has 1 aliphatic rings. The molecular weight excluding hydrogens is 630 g/mol. The first-order valence-electron chi connectivity index (χ1n) is 15.9. The lowest BCUT2D eigenvalue weighted by atomic mass is 9.92. The molecule has 0 aliphatic carbocycles. The van der Waals surface area contributed by atoms with E-state index < -0.39 is 46.9 Å². The molecule has 1 aliphatic heterocycles. The quantitative estimate of drug-likeness (QED) is 0.138. The highest BCUT2D eigenvalue weighted by Crippen LogP contribution is 2.34. The van der Waals surface area contributed by atoms with Crippen LogP contribution in [0, 0.1) is 12.7 Å². The highest BCUT2D eigenvalue weighted by atomic mass is 19.4. The van der Waals surface area contributed by atoms with Crippen molar-refractivity contribution in [1.82, 2.24) is 14.0 Å². The molecule has 0 radical (unpaired) electrons. The summed E-state index contributed by atoms with van der Waals surface area (Å²) in [5, 5.41) is 8.88. The molecule has 8 nitrogen and oxygen atoms in total. The summed E-state index contributed by atoms with van der Waals surface area (Å²) >= 11 is 0. The molecule has 1 N–H and O–H groups in total. The molecule has 0 amide bonds. The standard InChI is InChI=1S/C36H37F4N3O5/c1-3-41-18-17-24-10-4-5-13-27(24)31(41)22-43-34(46)33(25-11-8-12-26(20-25)48-19-7-6-16-32(44)45)23(2)42(35(43)47)21-28-29(36(38,39)40)14-9-15-30(28)37/h4-5,8-15,20,31H,3,6-7,16-19,21-22H2,1-2H3,(H,44,45)/t31-/m0/s1. The van der Waals surface area contributed by atoms with Crippen LogP contribution in [0.5, 0.6) is 5.75 Å². The predicted octanol–water partition coefficient (Wildman–Crippen LogP) is 6.44. The lowest BCUT2D eigenvalue weighted by Gasteiger charge is -2.37. The Morgan fingerprint density at radius 2 is 1.75 bits per heavy atom. The number of halogens is 4. The van der Waals surface area contributed by atoms with Gasteiger partial charge in [-0.25, -0.2) is 9.18 Å². The summed E-state index contributed by atoms with van der Waals surface area (Å²) in [6, 6.07) is 16.6. The van der Waals surface area contributed by atoms with Gasteiger partial charge in [0.05, 0.1) is 36.9 Å². The monoisotopic (exact) mass is 667 g/mol. The van der Waals surface area contributed by atoms with Crippen LogP contribution in [0.1, 0.15) is 60.2 Å². The van der Waals surface area contributed by atoms with Crippen LogP contribution in [-0.2, 0) is 30.5 Å². The lowest BCUT2D eigenvalue weighted by molar-refractivity contribution is -0.139. The highest BCUT2D eigenvalue weighted by Gasteiger charge is 2.35. The minimum absolute atomic E-state index is 0.00265. The second-order valence-electron chi connectivity index (χ2n) is 11.8. The zero-order chi connectivity index (χ0) is 34.6. The molecule has 12 heteroatoms. The van der Waals surface area contributed by atoms with Crippen molar-refractivity contribution in [3.05, 3.63) is 121 Å². The van der Waals surface area contributed by atoms with Crippen LogP contribution in [0.15, 0.2) is 76.3 Å². The number of rotatable bonds is 12. The van der Waals surface area contributed by atoms with Crippen molar-refractivity contribution in [1.29, 1.82) is 0 Å². The van der Waals surface area contributed by atoms with E-state index in [2.05, 4.69) is 4.90 Å². The number of likely N-dealkylation sites (N-methyl/N-ethyl adjacent to an activating group) is 1. The SMILES string of the molecule is CCN1CCc2ccccc2[C@@H]1Cn1c(=O)c(-c2cccc(OCCCCC(=O)O)c2)c(C)n(Cc2c(F)cccc2C(F)(F)F)c1=O. The fraction of sp³-hybridized carbons (Fsp3) is 0.361. The zero-order valence-electron chi connectivity index (χ0n) is 26.7. The Labute approximate surface area is 274 Å². The number of fused-ring (bicyclic) bond motifs is 1. The Morgan fingerprint density at radius 1 is 1.00 bits per heavy atom. The first-order valence-corrected chi connectivity index (χ1v) is 15.9. The van der Waals surface area contributed by atoms with Gasteiger partial charge >= 0.3 is 17.8 Å². The molecular formula is C36H37F4N3O5. The van der Waals surface area contributed by atoms with Crippen LogP contribution in [-0.4, -0.2) is 44.8 Å². The van der Waals surface area contributed by atoms with Crippen LogP contribution in [0.2, 0.25) is 0 Å². The van der Waals surface area contributed by atoms with Gasteiger partial charge in [0.15, 0.2) is 0 Å². The molecule has 254 valence electrons. The lowest BCUT2D eigenvalue weighted by Crippen LogP contribution is -2.46. The molecule has 1 aromatic heterocycles. The van der Waals surface area contributed by atoms with Crippen molar-refractivity contribution in [3.8, 4) is 16.9 Å². The number of hydrogen-bond donors (Lipinski definition) is 1. The number of hydrogen-bond acceptors (Lipinski definition) is 5. The van der Waals surface area contributed by atoms with E-state index >= 15 is 4.39 Å². The summed E-state index contributed by atoms with van der Waals surface area (Å²) < 4.78 is 65.1. The summed E-state index contributed by atoms with van der Waals surface area (Å²) in [5.74, 6) is -1.64. The fourth-order valence-corrected chi connectivity index (χ4v) is 6.40. The van der Waals surface area contributed by atoms with Crippen LogP contribution < -0.4 is 16.0 Å². The van der Waals surface area contributed by atoms with E-state index in [1.807, 2.05) is 31.2 Å². The van der Waals surface area contributed by atoms with Gasteiger partial charge < -0.3 is 9.84 Å². The van der Waals surface area contributed by atoms with Crippen molar-refractivity contribution in [2.24, 2.45) is 0 Å². The van der Waals surface area contributed by atoms with Gasteiger partial charge in [-0.15, -0.1) is 0 Å². The van der Waals surface area contributed by atoms with Crippen molar-refractivity contribution < 1.29 is 32.2 Å². The average Bonchev–Trinajstić information content (AvgIpc) is 3.05. The summed E-state index contributed by atoms with van der Waals surface area (Å²) in [6.07, 6.45) is -3.19. The summed E-state index contributed by atoms with van der Waals surface area (Å²) in [6.45, 7) is 4.17. The number of aromatic nitrogens is 2. The molecule has 48 heavy (non-hydrogen) atoms. The third-order valence-corrected chi connectivity index (χ3v) is 8.89. The van der Waals surface area contributed by atoms with Crippen molar-refractivity contribution >= 4 is 5.97 Å². The number of carboxylic acid groups (broad SMARTS) is 1. The normalized spacial score (nSPS) is 14.9. The summed E-state index contributed by atoms with van der Waals surface area (Å²) in [5.41, 5.74) is -0.828. The van der Waals surface area contributed by atoms with Crippen LogP contribution in [0.3, 0.4) is 0 Å². The van der Waals surface area contributed by atoms with Gasteiger partial charge in [-0.2, -0.15) is 13.2 Å². The Hall–Kier alpha value is -4.71. The van der Waals surface area contributed by atoms with E-state index in [1.165, 1.54) is 6.92 Å². The second kappa shape index (κ2) is 14.6. The van der Waals surface area contributed by atoms with Crippen molar-refractivity contribution in [2.75, 3.05) is 19.7 Å². The Morgan fingerprint density at radius 3 is 2.48 bits per heavy atom. The minimum Gasteiger partial charge on any atom is -0.494 e. The van der Waals surface area contributed by atoms with Gasteiger partial charge in [-0.3, -0.25) is 23.6 Å². The zero-order valence-corrected chi connectivity index (χ0v) is 26.7. The van der Waals surface area contributed by atoms with Crippen molar-refractivity contribution in [2.45, 2.75) is 64.8 Å². The van der Waals surface area contributed by atoms with Crippen LogP contribution in [0.25, 0.3) is 11.1 Å². The number of unbranched alkanes of at least 4 members (excludes halogenated alkanes) is 1. The molecule has 2 heterocycles. The third kappa shape index (κ3) is 7.38. The molecule has 0 unspecified atom stereocenters. The number of carbonyl (C=O) groups is 1. The molecule has 1 atom stereocenters. The molecule has 0 saturated heterocycles. The second-order valence-corrected chi connectivity index (χ2v) is 11.8. The molecule has 5 rings (SSSR count). The van der Waals surface area contributed by atoms with Crippen LogP contribution >= 0.6 is 0 Å². The van der Waals surface area contributed by atoms with Gasteiger partial charge in [-0.05, 0) is 73.7 Å². The van der Waals surface area contributed by atoms with E-state index in [1.54, 1.807) is 24.3 Å². The van der Waals surface area contributed by atoms with Gasteiger partial charge in [0.1, 0.15) is 11.6 Å². The first kappa shape index (κ1) is 34.6. The Balaban J connectivity index is 1.65. The van der Waals surface area contributed by atoms with Crippen molar-refractivity contribution in [3.63, 3.8) is 0 Å². The maximum atomic E-state index is 15.1. The van der Waals surface area contributed by atoms with E-state index in [0.29, 0.717) is 37.2 Å². The number of aliphatic carboxylic acids is 1. The van der Waals surface area contributed by atoms with E-state index in [0.717, 1.165) is 44.9 Å². The van der Waals surface area contributed by atoms with Gasteiger partial charge in [0.25, 0.3) is 5.56 Å². The average molecular weight is 668 g/mol. The smallest absolute Gasteiger partial charge is 0.416 e. The van der Waals surface area contributed by atoms with Gasteiger partial charge in [0, 0.05) is 24.2 Å². The molecule has 0 saturated carbocycles. The largest absolute Gasteiger partial charge is 0.494 e. The molecule has 0 bridgehead atoms. The topological polar surface area (TPSA) is 93.8 Å². The maximum Gasteiger partial charge on any atom is 0.416 e. The van der Waals surface area contributed by atoms with Gasteiger partial charge in [0.2, 0.25) is 0 Å². The van der Waals surface area contributed by atoms with E-state index in [-0.39, 0.29) is 36.9 Å². The van der Waals surface area contributed by atoms with Gasteiger partial charge in [-0.1, -0.05) is 49.4 Å². The fourth-order valence-electron chi connectivity index (χ4n) is 6.40. The molecule has 3 aromatic carbocycles. The van der Waals surface area contributed by atoms with E-state index in [9.17, 15) is 27.6 Å². The first-order chi connectivity index (χ1) is 22.9. The number of alkyl halides is 3. The number of carboxylic acids is 1. The third-order valence-electron chi connectivity index (χ3n) is 8.89. The molecule has 0 fully saturated rings. The van der Waals surface area contributed by atoms with E-state index in [4.69, 9.17) is 9.84 Å². The predicted molar refractivity (Wildman–Crippen MR) is 173 cm³/mol. The minimum atomic E-state index is -4.88. The Bertz CT molecular complexity index is 1920. The number of benzene rings is 3. The van der Waals surface area contributed by atoms with Crippen LogP contribution in [0.4, 0.5) is 17.6 Å². The summed E-state index contributed by atoms with van der Waals surface area (Å²) in [7, 11) is 0. The molecule has 4 aromatic rings. The highest BCUT2D eigenvalue weighted by molar-refractivity contribution is 5.67. The molecule has 0 spiro atoms. The number of ether oxygens (including phenoxy) is 1. The summed E-state index contributed by atoms with van der Waals surface area (Å²) in [4.78, 5) is 41.5. The number of nitrogens with zero attached hydrogens (tertiary/aromatic N) is 3. The maximum absolute atomic E-state index is 15.1. The Kier molecular flexibility index (Phi) is 10.5.